The van der Waals surface area contributed by atoms with Gasteiger partial charge < -0.3 is 9.64 Å². The van der Waals surface area contributed by atoms with Crippen molar-refractivity contribution < 1.29 is 9.53 Å². The van der Waals surface area contributed by atoms with Crippen LogP contribution in [-0.4, -0.2) is 52.4 Å². The monoisotopic (exact) mass is 340 g/mol. The Morgan fingerprint density at radius 2 is 2.04 bits per heavy atom. The summed E-state index contributed by atoms with van der Waals surface area (Å²) in [5.74, 6) is 0.0456. The molecule has 1 amide bonds. The predicted molar refractivity (Wildman–Crippen MR) is 95.4 cm³/mol. The number of hydrogen-bond acceptors (Lipinski definition) is 4. The van der Waals surface area contributed by atoms with Gasteiger partial charge in [-0.05, 0) is 26.0 Å². The minimum atomic E-state index is 0.0456. The molecule has 0 N–H and O–H groups in total. The minimum absolute atomic E-state index is 0.0456. The van der Waals surface area contributed by atoms with Crippen molar-refractivity contribution in [3.63, 3.8) is 0 Å². The fourth-order valence-electron chi connectivity index (χ4n) is 3.85. The van der Waals surface area contributed by atoms with Gasteiger partial charge in [-0.3, -0.25) is 14.4 Å². The van der Waals surface area contributed by atoms with Crippen LogP contribution in [0.1, 0.15) is 18.2 Å². The number of likely N-dealkylation sites (tertiary alicyclic amines) is 1. The van der Waals surface area contributed by atoms with Crippen LogP contribution < -0.4 is 4.90 Å². The van der Waals surface area contributed by atoms with E-state index in [0.29, 0.717) is 0 Å². The van der Waals surface area contributed by atoms with Gasteiger partial charge in [-0.1, -0.05) is 18.2 Å². The van der Waals surface area contributed by atoms with Crippen molar-refractivity contribution >= 4 is 11.6 Å². The smallest absolute Gasteiger partial charge is 0.253 e. The Morgan fingerprint density at radius 3 is 2.76 bits per heavy atom. The van der Waals surface area contributed by atoms with E-state index < -0.39 is 0 Å². The highest BCUT2D eigenvalue weighted by atomic mass is 16.5. The summed E-state index contributed by atoms with van der Waals surface area (Å²) < 4.78 is 7.81. The van der Waals surface area contributed by atoms with Gasteiger partial charge in [0.25, 0.3) is 5.91 Å². The maximum atomic E-state index is 12.5. The largest absolute Gasteiger partial charge is 0.365 e. The Morgan fingerprint density at radius 1 is 1.24 bits per heavy atom. The number of rotatable bonds is 4. The first-order chi connectivity index (χ1) is 12.2. The molecule has 2 saturated heterocycles. The molecule has 2 atom stereocenters. The lowest BCUT2D eigenvalue weighted by atomic mass is 10.1. The highest BCUT2D eigenvalue weighted by Gasteiger charge is 2.43. The summed E-state index contributed by atoms with van der Waals surface area (Å²) in [6.45, 7) is 7.71. The molecule has 4 rings (SSSR count). The zero-order valence-electron chi connectivity index (χ0n) is 14.8. The van der Waals surface area contributed by atoms with E-state index in [4.69, 9.17) is 4.74 Å². The van der Waals surface area contributed by atoms with E-state index in [1.54, 1.807) is 0 Å². The van der Waals surface area contributed by atoms with Crippen LogP contribution in [0.3, 0.4) is 0 Å². The Bertz CT molecular complexity index is 758. The molecule has 2 aromatic rings. The number of anilines is 1. The molecule has 1 aromatic carbocycles. The summed E-state index contributed by atoms with van der Waals surface area (Å²) in [6.07, 6.45) is 2.19. The lowest BCUT2D eigenvalue weighted by Gasteiger charge is -2.36. The molecule has 132 valence electrons. The Hall–Kier alpha value is -2.18. The van der Waals surface area contributed by atoms with Gasteiger partial charge in [0.1, 0.15) is 6.61 Å². The zero-order chi connectivity index (χ0) is 17.4. The molecule has 2 fully saturated rings. The van der Waals surface area contributed by atoms with Crippen molar-refractivity contribution in [3.8, 4) is 0 Å². The third kappa shape index (κ3) is 3.07. The van der Waals surface area contributed by atoms with Crippen LogP contribution in [0.5, 0.6) is 0 Å². The van der Waals surface area contributed by atoms with Crippen molar-refractivity contribution in [1.82, 2.24) is 14.7 Å². The third-order valence-electron chi connectivity index (χ3n) is 5.13. The summed E-state index contributed by atoms with van der Waals surface area (Å²) in [6, 6.07) is 9.99. The second-order valence-corrected chi connectivity index (χ2v) is 6.81. The summed E-state index contributed by atoms with van der Waals surface area (Å²) in [4.78, 5) is 16.8. The van der Waals surface area contributed by atoms with Gasteiger partial charge in [0, 0.05) is 43.6 Å². The van der Waals surface area contributed by atoms with Crippen molar-refractivity contribution in [2.24, 2.45) is 0 Å². The average Bonchev–Trinajstić information content (AvgIpc) is 3.19. The van der Waals surface area contributed by atoms with Gasteiger partial charge in [0.2, 0.25) is 0 Å². The summed E-state index contributed by atoms with van der Waals surface area (Å²) in [5.41, 5.74) is 3.29. The fourth-order valence-corrected chi connectivity index (χ4v) is 3.85. The number of para-hydroxylation sites is 1. The topological polar surface area (TPSA) is 50.6 Å². The molecule has 0 unspecified atom stereocenters. The molecule has 0 aliphatic carbocycles. The maximum absolute atomic E-state index is 12.5. The molecule has 6 heteroatoms. The number of aryl methyl sites for hydroxylation is 2. The number of carbonyl (C=O) groups excluding carboxylic acids is 1. The lowest BCUT2D eigenvalue weighted by Crippen LogP contribution is -2.54. The Balaban J connectivity index is 1.52. The van der Waals surface area contributed by atoms with E-state index >= 15 is 0 Å². The van der Waals surface area contributed by atoms with Gasteiger partial charge in [-0.15, -0.1) is 0 Å². The van der Waals surface area contributed by atoms with Crippen molar-refractivity contribution in [1.29, 1.82) is 0 Å². The molecule has 6 nitrogen and oxygen atoms in total. The molecule has 1 aromatic heterocycles. The van der Waals surface area contributed by atoms with Gasteiger partial charge in [0.05, 0.1) is 17.8 Å². The highest BCUT2D eigenvalue weighted by Crippen LogP contribution is 2.29. The maximum Gasteiger partial charge on any atom is 0.253 e. The first kappa shape index (κ1) is 16.3. The SMILES string of the molecule is CCn1cc(CN2C[C@@H]3OCC(=O)N(c4ccccc4)[C@H]3C2)c(C)n1. The number of fused-ring (bicyclic) bond motifs is 1. The van der Waals surface area contributed by atoms with E-state index in [0.717, 1.165) is 37.6 Å². The molecule has 0 radical (unpaired) electrons. The van der Waals surface area contributed by atoms with Crippen LogP contribution in [0.15, 0.2) is 36.5 Å². The molecular weight excluding hydrogens is 316 g/mol. The van der Waals surface area contributed by atoms with Crippen LogP contribution in [0.25, 0.3) is 0 Å². The van der Waals surface area contributed by atoms with Gasteiger partial charge >= 0.3 is 0 Å². The first-order valence-electron chi connectivity index (χ1n) is 8.89. The molecule has 0 saturated carbocycles. The minimum Gasteiger partial charge on any atom is -0.365 e. The van der Waals surface area contributed by atoms with Crippen LogP contribution in [-0.2, 0) is 22.6 Å². The molecule has 2 aliphatic heterocycles. The van der Waals surface area contributed by atoms with Gasteiger partial charge in [0.15, 0.2) is 0 Å². The average molecular weight is 340 g/mol. The van der Waals surface area contributed by atoms with E-state index in [2.05, 4.69) is 30.0 Å². The number of hydrogen-bond donors (Lipinski definition) is 0. The van der Waals surface area contributed by atoms with E-state index in [1.807, 2.05) is 39.9 Å². The van der Waals surface area contributed by atoms with Crippen molar-refractivity contribution in [3.05, 3.63) is 47.8 Å². The number of benzene rings is 1. The standard InChI is InChI=1S/C19H24N4O2/c1-3-22-10-15(14(2)20-22)9-21-11-17-18(12-21)25-13-19(24)23(17)16-7-5-4-6-8-16/h4-8,10,17-18H,3,9,11-13H2,1-2H3/t17-,18-/m0/s1. The zero-order valence-corrected chi connectivity index (χ0v) is 14.8. The number of carbonyl (C=O) groups is 1. The highest BCUT2D eigenvalue weighted by molar-refractivity contribution is 5.95. The number of nitrogens with zero attached hydrogens (tertiary/aromatic N) is 4. The molecular formula is C19H24N4O2. The number of morpholine rings is 1. The number of aromatic nitrogens is 2. The molecule has 3 heterocycles. The van der Waals surface area contributed by atoms with Gasteiger partial charge in [-0.25, -0.2) is 0 Å². The van der Waals surface area contributed by atoms with Crippen molar-refractivity contribution in [2.45, 2.75) is 39.1 Å². The normalized spacial score (nSPS) is 23.9. The molecule has 25 heavy (non-hydrogen) atoms. The second kappa shape index (κ2) is 6.61. The van der Waals surface area contributed by atoms with Crippen LogP contribution in [0, 0.1) is 6.92 Å². The molecule has 2 aliphatic rings. The van der Waals surface area contributed by atoms with Gasteiger partial charge in [-0.2, -0.15) is 5.10 Å². The summed E-state index contributed by atoms with van der Waals surface area (Å²) in [7, 11) is 0. The summed E-state index contributed by atoms with van der Waals surface area (Å²) >= 11 is 0. The van der Waals surface area contributed by atoms with Crippen LogP contribution >= 0.6 is 0 Å². The Labute approximate surface area is 148 Å². The number of ether oxygens (including phenoxy) is 1. The fraction of sp³-hybridized carbons (Fsp3) is 0.474. The van der Waals surface area contributed by atoms with E-state index in [1.165, 1.54) is 5.56 Å². The second-order valence-electron chi connectivity index (χ2n) is 6.81. The molecule has 0 spiro atoms. The Kier molecular flexibility index (Phi) is 4.31. The third-order valence-corrected chi connectivity index (χ3v) is 5.13. The summed E-state index contributed by atoms with van der Waals surface area (Å²) in [5, 5.41) is 4.53. The lowest BCUT2D eigenvalue weighted by molar-refractivity contribution is -0.130. The van der Waals surface area contributed by atoms with E-state index in [9.17, 15) is 4.79 Å². The number of amides is 1. The predicted octanol–water partition coefficient (Wildman–Crippen LogP) is 1.83. The van der Waals surface area contributed by atoms with Crippen LogP contribution in [0.4, 0.5) is 5.69 Å². The van der Waals surface area contributed by atoms with E-state index in [-0.39, 0.29) is 24.7 Å². The first-order valence-corrected chi connectivity index (χ1v) is 8.89. The van der Waals surface area contributed by atoms with Crippen molar-refractivity contribution in [2.75, 3.05) is 24.6 Å². The quantitative estimate of drug-likeness (QED) is 0.852. The molecule has 0 bridgehead atoms. The van der Waals surface area contributed by atoms with Crippen LogP contribution in [0.2, 0.25) is 0 Å².